The number of hydrogen-bond acceptors (Lipinski definition) is 1. The van der Waals surface area contributed by atoms with Crippen LogP contribution in [0.2, 0.25) is 0 Å². The van der Waals surface area contributed by atoms with E-state index in [1.165, 1.54) is 25.3 Å². The molecule has 24 heavy (non-hydrogen) atoms. The molecule has 0 aliphatic heterocycles. The highest BCUT2D eigenvalue weighted by Gasteiger charge is 2.37. The Morgan fingerprint density at radius 3 is 2.42 bits per heavy atom. The molecule has 2 unspecified atom stereocenters. The molecule has 130 valence electrons. The minimum atomic E-state index is -1.19. The molecule has 1 aliphatic carbocycles. The molecule has 0 saturated carbocycles. The van der Waals surface area contributed by atoms with E-state index in [0.717, 1.165) is 24.8 Å². The molecule has 0 fully saturated rings. The third-order valence-corrected chi connectivity index (χ3v) is 4.78. The minimum Gasteiger partial charge on any atom is -0.480 e. The first-order valence-corrected chi connectivity index (χ1v) is 8.95. The van der Waals surface area contributed by atoms with Crippen molar-refractivity contribution < 1.29 is 14.3 Å². The fourth-order valence-corrected chi connectivity index (χ4v) is 3.27. The van der Waals surface area contributed by atoms with Gasteiger partial charge >= 0.3 is 5.97 Å². The second-order valence-electron chi connectivity index (χ2n) is 6.64. The van der Waals surface area contributed by atoms with Gasteiger partial charge in [-0.1, -0.05) is 87.9 Å². The van der Waals surface area contributed by atoms with Crippen LogP contribution in [-0.4, -0.2) is 11.1 Å². The maximum atomic E-state index is 14.6. The summed E-state index contributed by atoms with van der Waals surface area (Å²) in [4.78, 5) is 11.8. The minimum absolute atomic E-state index is 0.364. The number of unbranched alkanes of at least 4 members (excludes halogenated alkanes) is 5. The summed E-state index contributed by atoms with van der Waals surface area (Å²) < 4.78 is 14.6. The maximum Gasteiger partial charge on any atom is 0.317 e. The van der Waals surface area contributed by atoms with Gasteiger partial charge in [0, 0.05) is 0 Å². The number of rotatable bonds is 9. The highest BCUT2D eigenvalue weighted by Crippen LogP contribution is 2.40. The van der Waals surface area contributed by atoms with E-state index < -0.39 is 17.3 Å². The predicted octanol–water partition coefficient (Wildman–Crippen LogP) is 6.02. The van der Waals surface area contributed by atoms with Gasteiger partial charge in [-0.05, 0) is 18.1 Å². The summed E-state index contributed by atoms with van der Waals surface area (Å²) in [5.41, 5.74) is -0.346. The van der Waals surface area contributed by atoms with Crippen LogP contribution in [-0.2, 0) is 4.79 Å². The largest absolute Gasteiger partial charge is 0.480 e. The van der Waals surface area contributed by atoms with Gasteiger partial charge in [-0.3, -0.25) is 4.79 Å². The summed E-state index contributed by atoms with van der Waals surface area (Å²) in [5.74, 6) is -1.80. The van der Waals surface area contributed by atoms with Gasteiger partial charge in [-0.2, -0.15) is 0 Å². The van der Waals surface area contributed by atoms with Crippen molar-refractivity contribution in [1.82, 2.24) is 0 Å². The Morgan fingerprint density at radius 2 is 1.79 bits per heavy atom. The SMILES string of the molecule is CCCCCCCCC1(C(=O)O)C=CC(c2ccccc2)C(F)=C1. The van der Waals surface area contributed by atoms with Gasteiger partial charge in [0.05, 0.1) is 5.92 Å². The summed E-state index contributed by atoms with van der Waals surface area (Å²) >= 11 is 0. The van der Waals surface area contributed by atoms with Crippen molar-refractivity contribution >= 4 is 5.97 Å². The Hall–Kier alpha value is -1.90. The highest BCUT2D eigenvalue weighted by atomic mass is 19.1. The Bertz CT molecular complexity index is 591. The van der Waals surface area contributed by atoms with Crippen LogP contribution in [0.4, 0.5) is 4.39 Å². The van der Waals surface area contributed by atoms with Crippen molar-refractivity contribution in [2.24, 2.45) is 5.41 Å². The van der Waals surface area contributed by atoms with Crippen molar-refractivity contribution in [3.05, 3.63) is 60.0 Å². The van der Waals surface area contributed by atoms with Gasteiger partial charge in [-0.15, -0.1) is 0 Å². The van der Waals surface area contributed by atoms with Gasteiger partial charge in [0.2, 0.25) is 0 Å². The lowest BCUT2D eigenvalue weighted by molar-refractivity contribution is -0.144. The van der Waals surface area contributed by atoms with Gasteiger partial charge in [0.1, 0.15) is 11.2 Å². The number of carboxylic acids is 1. The van der Waals surface area contributed by atoms with E-state index in [0.29, 0.717) is 6.42 Å². The molecule has 1 aromatic rings. The fraction of sp³-hybridized carbons (Fsp3) is 0.476. The molecule has 0 saturated heterocycles. The van der Waals surface area contributed by atoms with E-state index in [4.69, 9.17) is 0 Å². The van der Waals surface area contributed by atoms with Crippen molar-refractivity contribution in [3.63, 3.8) is 0 Å². The quantitative estimate of drug-likeness (QED) is 0.444. The average molecular weight is 330 g/mol. The molecule has 2 atom stereocenters. The molecule has 3 heteroatoms. The van der Waals surface area contributed by atoms with Crippen LogP contribution in [0.15, 0.2) is 54.4 Å². The summed E-state index contributed by atoms with van der Waals surface area (Å²) in [5, 5.41) is 9.64. The lowest BCUT2D eigenvalue weighted by atomic mass is 9.76. The first-order valence-electron chi connectivity index (χ1n) is 8.95. The summed E-state index contributed by atoms with van der Waals surface area (Å²) in [6.45, 7) is 2.17. The van der Waals surface area contributed by atoms with Crippen LogP contribution in [0.5, 0.6) is 0 Å². The standard InChI is InChI=1S/C21H27FO2/c1-2-3-4-5-6-10-14-21(20(23)24)15-13-18(19(22)16-21)17-11-8-7-9-12-17/h7-9,11-13,15-16,18H,2-6,10,14H2,1H3,(H,23,24). The Labute approximate surface area is 144 Å². The molecule has 0 amide bonds. The number of carbonyl (C=O) groups is 1. The number of benzene rings is 1. The molecule has 0 aromatic heterocycles. The van der Waals surface area contributed by atoms with E-state index in [1.54, 1.807) is 12.2 Å². The van der Waals surface area contributed by atoms with E-state index in [1.807, 2.05) is 30.3 Å². The fourth-order valence-electron chi connectivity index (χ4n) is 3.27. The Morgan fingerprint density at radius 1 is 1.12 bits per heavy atom. The van der Waals surface area contributed by atoms with Crippen LogP contribution in [0, 0.1) is 5.41 Å². The molecule has 1 N–H and O–H groups in total. The van der Waals surface area contributed by atoms with Crippen LogP contribution in [0.1, 0.15) is 63.4 Å². The molecular weight excluding hydrogens is 303 g/mol. The van der Waals surface area contributed by atoms with Crippen LogP contribution in [0.3, 0.4) is 0 Å². The number of hydrogen-bond donors (Lipinski definition) is 1. The van der Waals surface area contributed by atoms with E-state index >= 15 is 0 Å². The molecule has 1 aliphatic rings. The van der Waals surface area contributed by atoms with E-state index in [9.17, 15) is 14.3 Å². The molecule has 0 heterocycles. The molecule has 2 rings (SSSR count). The third kappa shape index (κ3) is 4.56. The normalized spacial score (nSPS) is 23.1. The summed E-state index contributed by atoms with van der Waals surface area (Å²) in [7, 11) is 0. The van der Waals surface area contributed by atoms with Crippen molar-refractivity contribution in [1.29, 1.82) is 0 Å². The van der Waals surface area contributed by atoms with Crippen molar-refractivity contribution in [2.45, 2.75) is 57.8 Å². The molecular formula is C21H27FO2. The van der Waals surface area contributed by atoms with Crippen LogP contribution < -0.4 is 0 Å². The predicted molar refractivity (Wildman–Crippen MR) is 95.6 cm³/mol. The summed E-state index contributed by atoms with van der Waals surface area (Å²) in [6, 6.07) is 9.35. The molecule has 0 bridgehead atoms. The first-order chi connectivity index (χ1) is 11.6. The zero-order chi connectivity index (χ0) is 17.4. The van der Waals surface area contributed by atoms with Gasteiger partial charge < -0.3 is 5.11 Å². The number of carboxylic acid groups (broad SMARTS) is 1. The summed E-state index contributed by atoms with van der Waals surface area (Å²) in [6.07, 6.45) is 11.7. The first kappa shape index (κ1) is 18.4. The van der Waals surface area contributed by atoms with Crippen molar-refractivity contribution in [3.8, 4) is 0 Å². The second-order valence-corrected chi connectivity index (χ2v) is 6.64. The number of aliphatic carboxylic acids is 1. The number of allylic oxidation sites excluding steroid dienone is 2. The third-order valence-electron chi connectivity index (χ3n) is 4.78. The topological polar surface area (TPSA) is 37.3 Å². The van der Waals surface area contributed by atoms with Crippen LogP contribution in [0.25, 0.3) is 0 Å². The zero-order valence-electron chi connectivity index (χ0n) is 14.4. The molecule has 0 radical (unpaired) electrons. The van der Waals surface area contributed by atoms with E-state index in [2.05, 4.69) is 6.92 Å². The van der Waals surface area contributed by atoms with Gasteiger partial charge in [0.25, 0.3) is 0 Å². The van der Waals surface area contributed by atoms with Gasteiger partial charge in [-0.25, -0.2) is 4.39 Å². The lowest BCUT2D eigenvalue weighted by Gasteiger charge is -2.28. The van der Waals surface area contributed by atoms with Crippen molar-refractivity contribution in [2.75, 3.05) is 0 Å². The molecule has 1 aromatic carbocycles. The van der Waals surface area contributed by atoms with Gasteiger partial charge in [0.15, 0.2) is 0 Å². The zero-order valence-corrected chi connectivity index (χ0v) is 14.4. The monoisotopic (exact) mass is 330 g/mol. The highest BCUT2D eigenvalue weighted by molar-refractivity contribution is 5.80. The Balaban J connectivity index is 2.02. The Kier molecular flexibility index (Phi) is 6.77. The molecule has 0 spiro atoms. The smallest absolute Gasteiger partial charge is 0.317 e. The van der Waals surface area contributed by atoms with Crippen LogP contribution >= 0.6 is 0 Å². The average Bonchev–Trinajstić information content (AvgIpc) is 2.58. The lowest BCUT2D eigenvalue weighted by Crippen LogP contribution is -2.29. The maximum absolute atomic E-state index is 14.6. The number of halogens is 1. The second kappa shape index (κ2) is 8.81. The molecule has 2 nitrogen and oxygen atoms in total. The van der Waals surface area contributed by atoms with E-state index in [-0.39, 0.29) is 5.83 Å².